The van der Waals surface area contributed by atoms with Crippen LogP contribution < -0.4 is 4.74 Å². The summed E-state index contributed by atoms with van der Waals surface area (Å²) in [5, 5.41) is 2.03. The molecule has 0 N–H and O–H groups in total. The highest BCUT2D eigenvalue weighted by molar-refractivity contribution is 7.98. The third-order valence-electron chi connectivity index (χ3n) is 4.17. The van der Waals surface area contributed by atoms with E-state index in [0.29, 0.717) is 0 Å². The van der Waals surface area contributed by atoms with Crippen molar-refractivity contribution in [3.8, 4) is 22.6 Å². The third-order valence-corrected chi connectivity index (χ3v) is 4.87. The first kappa shape index (κ1) is 15.7. The lowest BCUT2D eigenvalue weighted by molar-refractivity contribution is 0.413. The first-order chi connectivity index (χ1) is 12.3. The Morgan fingerprint density at radius 1 is 0.960 bits per heavy atom. The molecule has 4 aromatic rings. The molecule has 0 aliphatic carbocycles. The minimum absolute atomic E-state index is 0.809. The van der Waals surface area contributed by atoms with E-state index in [4.69, 9.17) is 4.74 Å². The Kier molecular flexibility index (Phi) is 4.15. The van der Waals surface area contributed by atoms with Gasteiger partial charge in [0.05, 0.1) is 18.2 Å². The molecule has 25 heavy (non-hydrogen) atoms. The number of thioether (sulfide) groups is 1. The zero-order valence-corrected chi connectivity index (χ0v) is 14.8. The summed E-state index contributed by atoms with van der Waals surface area (Å²) in [7, 11) is 1.69. The average Bonchev–Trinajstić information content (AvgIpc) is 3.08. The number of hydrogen-bond donors (Lipinski definition) is 0. The number of methoxy groups -OCH3 is 1. The molecular formula is C20H17N3OS. The van der Waals surface area contributed by atoms with Crippen LogP contribution in [0.1, 0.15) is 0 Å². The molecular weight excluding hydrogens is 330 g/mol. The van der Waals surface area contributed by atoms with E-state index in [2.05, 4.69) is 32.9 Å². The number of ether oxygens (including phenoxy) is 1. The van der Waals surface area contributed by atoms with Crippen LogP contribution in [0.5, 0.6) is 5.75 Å². The molecule has 4 rings (SSSR count). The zero-order chi connectivity index (χ0) is 17.2. The largest absolute Gasteiger partial charge is 0.495 e. The van der Waals surface area contributed by atoms with Crippen LogP contribution in [-0.2, 0) is 0 Å². The van der Waals surface area contributed by atoms with E-state index in [1.54, 1.807) is 25.2 Å². The molecule has 0 spiro atoms. The fourth-order valence-electron chi connectivity index (χ4n) is 3.04. The number of rotatable bonds is 4. The van der Waals surface area contributed by atoms with E-state index in [-0.39, 0.29) is 0 Å². The summed E-state index contributed by atoms with van der Waals surface area (Å²) in [6.07, 6.45) is 5.78. The summed E-state index contributed by atoms with van der Waals surface area (Å²) >= 11 is 1.63. The van der Waals surface area contributed by atoms with Crippen molar-refractivity contribution in [2.45, 2.75) is 5.03 Å². The number of benzene rings is 2. The molecule has 0 unspecified atom stereocenters. The fourth-order valence-corrected chi connectivity index (χ4v) is 3.60. The highest BCUT2D eigenvalue weighted by atomic mass is 32.2. The molecule has 0 atom stereocenters. The Balaban J connectivity index is 2.07. The van der Waals surface area contributed by atoms with Crippen LogP contribution in [0.4, 0.5) is 0 Å². The molecule has 0 radical (unpaired) electrons. The second-order valence-electron chi connectivity index (χ2n) is 5.53. The summed E-state index contributed by atoms with van der Waals surface area (Å²) in [6.45, 7) is 0. The predicted molar refractivity (Wildman–Crippen MR) is 103 cm³/mol. The minimum Gasteiger partial charge on any atom is -0.495 e. The van der Waals surface area contributed by atoms with Gasteiger partial charge in [-0.15, -0.1) is 11.8 Å². The van der Waals surface area contributed by atoms with Gasteiger partial charge in [0.15, 0.2) is 0 Å². The van der Waals surface area contributed by atoms with Gasteiger partial charge >= 0.3 is 0 Å². The van der Waals surface area contributed by atoms with Gasteiger partial charge in [-0.2, -0.15) is 0 Å². The molecule has 2 heterocycles. The van der Waals surface area contributed by atoms with Crippen molar-refractivity contribution in [3.05, 3.63) is 67.1 Å². The van der Waals surface area contributed by atoms with E-state index < -0.39 is 0 Å². The number of aromatic nitrogens is 3. The summed E-state index contributed by atoms with van der Waals surface area (Å²) in [5.74, 6) is 0.809. The normalized spacial score (nSPS) is 11.0. The third kappa shape index (κ3) is 2.66. The van der Waals surface area contributed by atoms with Crippen LogP contribution in [-0.4, -0.2) is 27.9 Å². The van der Waals surface area contributed by atoms with E-state index in [1.165, 1.54) is 0 Å². The van der Waals surface area contributed by atoms with Crippen LogP contribution >= 0.6 is 11.8 Å². The maximum absolute atomic E-state index is 5.55. The molecule has 0 bridgehead atoms. The lowest BCUT2D eigenvalue weighted by Crippen LogP contribution is -1.98. The molecule has 4 nitrogen and oxygen atoms in total. The number of nitrogens with zero attached hydrogens (tertiary/aromatic N) is 3. The second kappa shape index (κ2) is 6.61. The summed E-state index contributed by atoms with van der Waals surface area (Å²) < 4.78 is 7.63. The number of hydrogen-bond acceptors (Lipinski definition) is 4. The van der Waals surface area contributed by atoms with Crippen molar-refractivity contribution < 1.29 is 4.74 Å². The first-order valence-electron chi connectivity index (χ1n) is 7.92. The maximum atomic E-state index is 5.55. The van der Waals surface area contributed by atoms with Crippen LogP contribution in [0.25, 0.3) is 27.8 Å². The van der Waals surface area contributed by atoms with Gasteiger partial charge in [0.2, 0.25) is 0 Å². The van der Waals surface area contributed by atoms with Gasteiger partial charge in [-0.1, -0.05) is 42.5 Å². The SMILES string of the molecule is COc1ccccc1-n1cc(-c2ccccc2)c2c(SC)ncnc21. The molecule has 0 saturated heterocycles. The molecule has 0 aliphatic rings. The highest BCUT2D eigenvalue weighted by Crippen LogP contribution is 2.37. The Labute approximate surface area is 150 Å². The van der Waals surface area contributed by atoms with Gasteiger partial charge in [-0.05, 0) is 24.0 Å². The van der Waals surface area contributed by atoms with Gasteiger partial charge in [0.1, 0.15) is 22.7 Å². The molecule has 0 saturated carbocycles. The minimum atomic E-state index is 0.809. The average molecular weight is 347 g/mol. The predicted octanol–water partition coefficient (Wildman–Crippen LogP) is 4.82. The molecule has 0 aliphatic heterocycles. The zero-order valence-electron chi connectivity index (χ0n) is 14.0. The van der Waals surface area contributed by atoms with Crippen molar-refractivity contribution in [3.63, 3.8) is 0 Å². The Morgan fingerprint density at radius 2 is 1.72 bits per heavy atom. The van der Waals surface area contributed by atoms with E-state index >= 15 is 0 Å². The lowest BCUT2D eigenvalue weighted by atomic mass is 10.1. The molecule has 124 valence electrons. The van der Waals surface area contributed by atoms with Crippen LogP contribution in [0.3, 0.4) is 0 Å². The lowest BCUT2D eigenvalue weighted by Gasteiger charge is -2.10. The highest BCUT2D eigenvalue weighted by Gasteiger charge is 2.18. The monoisotopic (exact) mass is 347 g/mol. The summed E-state index contributed by atoms with van der Waals surface area (Å²) in [5.41, 5.74) is 4.10. The standard InChI is InChI=1S/C20H17N3OS/c1-24-17-11-7-6-10-16(17)23-12-15(14-8-4-3-5-9-14)18-19(23)21-13-22-20(18)25-2/h3-13H,1-2H3. The van der Waals surface area contributed by atoms with Gasteiger partial charge in [0, 0.05) is 11.8 Å². The van der Waals surface area contributed by atoms with Crippen molar-refractivity contribution in [1.82, 2.24) is 14.5 Å². The van der Waals surface area contributed by atoms with Crippen molar-refractivity contribution in [2.75, 3.05) is 13.4 Å². The number of para-hydroxylation sites is 2. The summed E-state index contributed by atoms with van der Waals surface area (Å²) in [6, 6.07) is 18.3. The Morgan fingerprint density at radius 3 is 2.48 bits per heavy atom. The maximum Gasteiger partial charge on any atom is 0.149 e. The molecule has 0 fully saturated rings. The molecule has 0 amide bonds. The van der Waals surface area contributed by atoms with Crippen LogP contribution in [0, 0.1) is 0 Å². The van der Waals surface area contributed by atoms with Gasteiger partial charge in [-0.3, -0.25) is 4.57 Å². The Bertz CT molecular complexity index is 1030. The van der Waals surface area contributed by atoms with Gasteiger partial charge in [0.25, 0.3) is 0 Å². The first-order valence-corrected chi connectivity index (χ1v) is 9.15. The van der Waals surface area contributed by atoms with Crippen molar-refractivity contribution >= 4 is 22.8 Å². The van der Waals surface area contributed by atoms with E-state index in [1.807, 2.05) is 48.7 Å². The summed E-state index contributed by atoms with van der Waals surface area (Å²) in [4.78, 5) is 9.04. The van der Waals surface area contributed by atoms with Crippen molar-refractivity contribution in [2.24, 2.45) is 0 Å². The Hall–Kier alpha value is -2.79. The number of fused-ring (bicyclic) bond motifs is 1. The molecule has 5 heteroatoms. The topological polar surface area (TPSA) is 39.9 Å². The van der Waals surface area contributed by atoms with Gasteiger partial charge < -0.3 is 4.74 Å². The van der Waals surface area contributed by atoms with E-state index in [9.17, 15) is 0 Å². The second-order valence-corrected chi connectivity index (χ2v) is 6.33. The smallest absolute Gasteiger partial charge is 0.149 e. The molecule has 2 aromatic carbocycles. The molecule has 2 aromatic heterocycles. The fraction of sp³-hybridized carbons (Fsp3) is 0.100. The van der Waals surface area contributed by atoms with E-state index in [0.717, 1.165) is 38.6 Å². The van der Waals surface area contributed by atoms with Gasteiger partial charge in [-0.25, -0.2) is 9.97 Å². The quantitative estimate of drug-likeness (QED) is 0.392. The van der Waals surface area contributed by atoms with Crippen molar-refractivity contribution in [1.29, 1.82) is 0 Å². The van der Waals surface area contributed by atoms with Crippen LogP contribution in [0.2, 0.25) is 0 Å². The van der Waals surface area contributed by atoms with Crippen LogP contribution in [0.15, 0.2) is 72.1 Å².